The lowest BCUT2D eigenvalue weighted by Gasteiger charge is -2.33. The minimum atomic E-state index is -0.0179. The van der Waals surface area contributed by atoms with Crippen molar-refractivity contribution in [2.45, 2.75) is 19.9 Å². The highest BCUT2D eigenvalue weighted by Gasteiger charge is 2.20. The van der Waals surface area contributed by atoms with Crippen LogP contribution in [0.2, 0.25) is 5.02 Å². The molecule has 1 aliphatic rings. The summed E-state index contributed by atoms with van der Waals surface area (Å²) in [6.07, 6.45) is 0. The third-order valence-corrected chi connectivity index (χ3v) is 4.37. The first kappa shape index (κ1) is 21.5. The number of carbonyl (C=O) groups excluding carboxylic acids is 2. The fourth-order valence-corrected chi connectivity index (χ4v) is 3.03. The van der Waals surface area contributed by atoms with Crippen LogP contribution in [0.5, 0.6) is 5.75 Å². The third-order valence-electron chi connectivity index (χ3n) is 4.14. The molecule has 0 bridgehead atoms. The molecule has 0 aromatic heterocycles. The molecule has 1 aromatic carbocycles. The molecule has 0 aliphatic carbocycles. The largest absolute Gasteiger partial charge is 0.492 e. The Morgan fingerprint density at radius 3 is 2.33 bits per heavy atom. The molecule has 0 saturated carbocycles. The molecule has 1 heterocycles. The summed E-state index contributed by atoms with van der Waals surface area (Å²) in [6.45, 7) is 8.66. The maximum atomic E-state index is 12.1. The highest BCUT2D eigenvalue weighted by atomic mass is 35.5. The second-order valence-electron chi connectivity index (χ2n) is 6.93. The van der Waals surface area contributed by atoms with Crippen molar-refractivity contribution in [3.8, 4) is 5.75 Å². The Morgan fingerprint density at radius 2 is 1.74 bits per heavy atom. The van der Waals surface area contributed by atoms with E-state index in [4.69, 9.17) is 16.3 Å². The van der Waals surface area contributed by atoms with Gasteiger partial charge in [-0.3, -0.25) is 19.4 Å². The van der Waals surface area contributed by atoms with Crippen LogP contribution in [0.25, 0.3) is 0 Å². The molecule has 27 heavy (non-hydrogen) atoms. The Morgan fingerprint density at radius 1 is 1.11 bits per heavy atom. The van der Waals surface area contributed by atoms with Gasteiger partial charge in [-0.2, -0.15) is 0 Å². The van der Waals surface area contributed by atoms with Gasteiger partial charge in [-0.25, -0.2) is 0 Å². The van der Waals surface area contributed by atoms with E-state index in [1.54, 1.807) is 12.1 Å². The van der Waals surface area contributed by atoms with Crippen molar-refractivity contribution in [2.75, 3.05) is 52.4 Å². The third kappa shape index (κ3) is 8.60. The van der Waals surface area contributed by atoms with E-state index in [1.807, 2.05) is 26.0 Å². The summed E-state index contributed by atoms with van der Waals surface area (Å²) in [7, 11) is 0. The summed E-state index contributed by atoms with van der Waals surface area (Å²) in [4.78, 5) is 28.1. The number of piperazine rings is 1. The summed E-state index contributed by atoms with van der Waals surface area (Å²) in [5.41, 5.74) is 0. The number of nitrogens with one attached hydrogen (secondary N) is 2. The molecule has 0 atom stereocenters. The van der Waals surface area contributed by atoms with E-state index in [0.717, 1.165) is 26.2 Å². The molecule has 1 saturated heterocycles. The van der Waals surface area contributed by atoms with Gasteiger partial charge in [0, 0.05) is 37.2 Å². The first-order valence-corrected chi connectivity index (χ1v) is 9.69. The maximum absolute atomic E-state index is 12.1. The number of nitrogens with zero attached hydrogens (tertiary/aromatic N) is 2. The number of benzene rings is 1. The zero-order valence-electron chi connectivity index (χ0n) is 16.0. The molecule has 8 heteroatoms. The Kier molecular flexibility index (Phi) is 8.84. The minimum Gasteiger partial charge on any atom is -0.492 e. The monoisotopic (exact) mass is 396 g/mol. The van der Waals surface area contributed by atoms with Gasteiger partial charge in [0.15, 0.2) is 0 Å². The Balaban J connectivity index is 1.57. The first-order valence-electron chi connectivity index (χ1n) is 9.31. The molecule has 0 unspecified atom stereocenters. The number of ether oxygens (including phenoxy) is 1. The van der Waals surface area contributed by atoms with Gasteiger partial charge in [-0.15, -0.1) is 0 Å². The average molecular weight is 397 g/mol. The van der Waals surface area contributed by atoms with Crippen molar-refractivity contribution in [1.82, 2.24) is 20.4 Å². The standard InChI is InChI=1S/C19H29ClN4O3/c1-15(2)22-19(26)14-24-9-7-23(8-10-24)13-18(25)21-6-11-27-17-5-3-4-16(20)12-17/h3-5,12,15H,6-11,13-14H2,1-2H3,(H,21,25)(H,22,26). The van der Waals surface area contributed by atoms with Gasteiger partial charge < -0.3 is 15.4 Å². The number of hydrogen-bond acceptors (Lipinski definition) is 5. The minimum absolute atomic E-state index is 0.0179. The molecule has 2 amide bonds. The summed E-state index contributed by atoms with van der Waals surface area (Å²) in [6, 6.07) is 7.33. The summed E-state index contributed by atoms with van der Waals surface area (Å²) < 4.78 is 5.55. The second kappa shape index (κ2) is 11.1. The second-order valence-corrected chi connectivity index (χ2v) is 7.37. The van der Waals surface area contributed by atoms with E-state index in [1.165, 1.54) is 0 Å². The fourth-order valence-electron chi connectivity index (χ4n) is 2.85. The van der Waals surface area contributed by atoms with E-state index in [0.29, 0.717) is 37.0 Å². The van der Waals surface area contributed by atoms with Crippen LogP contribution in [0.4, 0.5) is 0 Å². The summed E-state index contributed by atoms with van der Waals surface area (Å²) in [5.74, 6) is 0.723. The number of amides is 2. The summed E-state index contributed by atoms with van der Waals surface area (Å²) >= 11 is 5.90. The molecule has 2 rings (SSSR count). The highest BCUT2D eigenvalue weighted by Crippen LogP contribution is 2.16. The fraction of sp³-hybridized carbons (Fsp3) is 0.579. The molecule has 150 valence electrons. The van der Waals surface area contributed by atoms with E-state index >= 15 is 0 Å². The predicted octanol–water partition coefficient (Wildman–Crippen LogP) is 0.977. The van der Waals surface area contributed by atoms with Gasteiger partial charge in [0.2, 0.25) is 11.8 Å². The van der Waals surface area contributed by atoms with Crippen LogP contribution in [-0.2, 0) is 9.59 Å². The van der Waals surface area contributed by atoms with Crippen LogP contribution in [-0.4, -0.2) is 80.1 Å². The lowest BCUT2D eigenvalue weighted by molar-refractivity contribution is -0.125. The SMILES string of the molecule is CC(C)NC(=O)CN1CCN(CC(=O)NCCOc2cccc(Cl)c2)CC1. The lowest BCUT2D eigenvalue weighted by atomic mass is 10.3. The molecular formula is C19H29ClN4O3. The van der Waals surface area contributed by atoms with Gasteiger partial charge >= 0.3 is 0 Å². The topological polar surface area (TPSA) is 73.9 Å². The number of rotatable bonds is 9. The van der Waals surface area contributed by atoms with Gasteiger partial charge in [-0.05, 0) is 32.0 Å². The van der Waals surface area contributed by atoms with Crippen LogP contribution < -0.4 is 15.4 Å². The van der Waals surface area contributed by atoms with Gasteiger partial charge in [0.05, 0.1) is 19.6 Å². The Hall–Kier alpha value is -1.83. The van der Waals surface area contributed by atoms with Crippen LogP contribution >= 0.6 is 11.6 Å². The smallest absolute Gasteiger partial charge is 0.234 e. The molecule has 0 spiro atoms. The highest BCUT2D eigenvalue weighted by molar-refractivity contribution is 6.30. The normalized spacial score (nSPS) is 15.6. The van der Waals surface area contributed by atoms with Crippen molar-refractivity contribution >= 4 is 23.4 Å². The van der Waals surface area contributed by atoms with Crippen molar-refractivity contribution in [2.24, 2.45) is 0 Å². The van der Waals surface area contributed by atoms with E-state index in [9.17, 15) is 9.59 Å². The van der Waals surface area contributed by atoms with Crippen molar-refractivity contribution in [1.29, 1.82) is 0 Å². The molecular weight excluding hydrogens is 368 g/mol. The van der Waals surface area contributed by atoms with Crippen LogP contribution in [0, 0.1) is 0 Å². The first-order chi connectivity index (χ1) is 12.9. The number of halogens is 1. The predicted molar refractivity (Wildman–Crippen MR) is 106 cm³/mol. The molecule has 1 aliphatic heterocycles. The summed E-state index contributed by atoms with van der Waals surface area (Å²) in [5, 5.41) is 6.39. The van der Waals surface area contributed by atoms with Crippen molar-refractivity contribution in [3.05, 3.63) is 29.3 Å². The Labute approximate surface area is 166 Å². The zero-order valence-corrected chi connectivity index (χ0v) is 16.8. The molecule has 7 nitrogen and oxygen atoms in total. The van der Waals surface area contributed by atoms with E-state index in [-0.39, 0.29) is 17.9 Å². The Bertz CT molecular complexity index is 619. The molecule has 0 radical (unpaired) electrons. The lowest BCUT2D eigenvalue weighted by Crippen LogP contribution is -2.52. The van der Waals surface area contributed by atoms with Crippen LogP contribution in [0.3, 0.4) is 0 Å². The zero-order chi connectivity index (χ0) is 19.6. The van der Waals surface area contributed by atoms with Crippen LogP contribution in [0.15, 0.2) is 24.3 Å². The van der Waals surface area contributed by atoms with Crippen molar-refractivity contribution in [3.63, 3.8) is 0 Å². The maximum Gasteiger partial charge on any atom is 0.234 e. The molecule has 1 aromatic rings. The van der Waals surface area contributed by atoms with E-state index in [2.05, 4.69) is 20.4 Å². The van der Waals surface area contributed by atoms with E-state index < -0.39 is 0 Å². The molecule has 1 fully saturated rings. The average Bonchev–Trinajstić information content (AvgIpc) is 2.60. The number of carbonyl (C=O) groups is 2. The van der Waals surface area contributed by atoms with Crippen LogP contribution in [0.1, 0.15) is 13.8 Å². The molecule has 2 N–H and O–H groups in total. The number of hydrogen-bond donors (Lipinski definition) is 2. The van der Waals surface area contributed by atoms with Crippen molar-refractivity contribution < 1.29 is 14.3 Å². The quantitative estimate of drug-likeness (QED) is 0.609. The van der Waals surface area contributed by atoms with Gasteiger partial charge in [-0.1, -0.05) is 17.7 Å². The van der Waals surface area contributed by atoms with Gasteiger partial charge in [0.25, 0.3) is 0 Å². The van der Waals surface area contributed by atoms with Gasteiger partial charge in [0.1, 0.15) is 12.4 Å².